The van der Waals surface area contributed by atoms with Crippen molar-refractivity contribution in [1.29, 1.82) is 0 Å². The molecule has 0 aliphatic heterocycles. The van der Waals surface area contributed by atoms with E-state index in [9.17, 15) is 9.46 Å². The maximum atomic E-state index is 12.1. The van der Waals surface area contributed by atoms with Crippen molar-refractivity contribution in [1.82, 2.24) is 0 Å². The van der Waals surface area contributed by atoms with Crippen molar-refractivity contribution in [3.63, 3.8) is 0 Å². The van der Waals surface area contributed by atoms with Gasteiger partial charge in [-0.15, -0.1) is 0 Å². The van der Waals surface area contributed by atoms with Gasteiger partial charge in [-0.05, 0) is 38.5 Å². The summed E-state index contributed by atoms with van der Waals surface area (Å²) in [5.41, 5.74) is 5.39. The molecule has 0 spiro atoms. The minimum Gasteiger partial charge on any atom is -0.379 e. The Morgan fingerprint density at radius 1 is 0.510 bits per heavy atom. The van der Waals surface area contributed by atoms with Crippen molar-refractivity contribution in [2.75, 3.05) is 39.6 Å². The summed E-state index contributed by atoms with van der Waals surface area (Å²) < 4.78 is 34.1. The van der Waals surface area contributed by atoms with Gasteiger partial charge in [0.1, 0.15) is 6.10 Å². The third kappa shape index (κ3) is 40.4. The molecule has 1 unspecified atom stereocenters. The van der Waals surface area contributed by atoms with Crippen LogP contribution in [0.4, 0.5) is 0 Å². The Morgan fingerprint density at radius 3 is 1.33 bits per heavy atom. The van der Waals surface area contributed by atoms with Gasteiger partial charge in [-0.2, -0.15) is 0 Å². The molecule has 0 bridgehead atoms. The molecule has 8 heteroatoms. The van der Waals surface area contributed by atoms with E-state index < -0.39 is 13.9 Å². The molecule has 2 atom stereocenters. The van der Waals surface area contributed by atoms with Crippen molar-refractivity contribution >= 4 is 7.82 Å². The van der Waals surface area contributed by atoms with Gasteiger partial charge in [-0.3, -0.25) is 9.05 Å². The van der Waals surface area contributed by atoms with Crippen LogP contribution in [0.1, 0.15) is 206 Å². The smallest absolute Gasteiger partial charge is 0.379 e. The van der Waals surface area contributed by atoms with Gasteiger partial charge in [0.15, 0.2) is 0 Å². The molecule has 7 nitrogen and oxygen atoms in total. The molecule has 294 valence electrons. The van der Waals surface area contributed by atoms with Crippen LogP contribution in [-0.2, 0) is 23.1 Å². The van der Waals surface area contributed by atoms with Crippen LogP contribution in [0.15, 0.2) is 12.2 Å². The van der Waals surface area contributed by atoms with Crippen molar-refractivity contribution < 1.29 is 28.0 Å². The first-order valence-corrected chi connectivity index (χ1v) is 22.7. The third-order valence-electron chi connectivity index (χ3n) is 9.25. The summed E-state index contributed by atoms with van der Waals surface area (Å²) >= 11 is 0. The van der Waals surface area contributed by atoms with Crippen LogP contribution < -0.4 is 5.73 Å². The van der Waals surface area contributed by atoms with Crippen molar-refractivity contribution in [2.24, 2.45) is 5.73 Å². The van der Waals surface area contributed by atoms with Crippen LogP contribution in [0.25, 0.3) is 0 Å². The first-order chi connectivity index (χ1) is 24.1. The molecular weight excluding hydrogens is 633 g/mol. The molecule has 3 N–H and O–H groups in total. The summed E-state index contributed by atoms with van der Waals surface area (Å²) in [6.07, 6.45) is 43.6. The molecule has 49 heavy (non-hydrogen) atoms. The van der Waals surface area contributed by atoms with Crippen LogP contribution in [0.3, 0.4) is 0 Å². The minimum absolute atomic E-state index is 0.0233. The highest BCUT2D eigenvalue weighted by molar-refractivity contribution is 7.47. The largest absolute Gasteiger partial charge is 0.472 e. The van der Waals surface area contributed by atoms with Crippen LogP contribution >= 0.6 is 7.82 Å². The molecule has 0 radical (unpaired) electrons. The van der Waals surface area contributed by atoms with Gasteiger partial charge in [-0.25, -0.2) is 4.57 Å². The molecule has 0 aliphatic carbocycles. The lowest BCUT2D eigenvalue weighted by Gasteiger charge is -2.20. The highest BCUT2D eigenvalue weighted by atomic mass is 31.2. The summed E-state index contributed by atoms with van der Waals surface area (Å²) in [6.45, 7) is 6.27. The van der Waals surface area contributed by atoms with Gasteiger partial charge >= 0.3 is 7.82 Å². The molecule has 0 saturated carbocycles. The fraction of sp³-hybridized carbons (Fsp3) is 0.951. The Balaban J connectivity index is 3.89. The predicted octanol–water partition coefficient (Wildman–Crippen LogP) is 12.8. The average Bonchev–Trinajstić information content (AvgIpc) is 3.10. The predicted molar refractivity (Wildman–Crippen MR) is 210 cm³/mol. The van der Waals surface area contributed by atoms with Crippen molar-refractivity contribution in [2.45, 2.75) is 213 Å². The van der Waals surface area contributed by atoms with E-state index in [1.165, 1.54) is 173 Å². The van der Waals surface area contributed by atoms with Gasteiger partial charge in [0.05, 0.1) is 19.8 Å². The monoisotopic (exact) mass is 718 g/mol. The van der Waals surface area contributed by atoms with Crippen LogP contribution in [0.2, 0.25) is 0 Å². The van der Waals surface area contributed by atoms with Gasteiger partial charge in [0.2, 0.25) is 0 Å². The first kappa shape index (κ1) is 48.7. The van der Waals surface area contributed by atoms with E-state index in [2.05, 4.69) is 26.0 Å². The van der Waals surface area contributed by atoms with E-state index in [0.29, 0.717) is 19.8 Å². The number of ether oxygens (including phenoxy) is 2. The number of allylic oxidation sites excluding steroid dienone is 2. The van der Waals surface area contributed by atoms with Crippen LogP contribution in [-0.4, -0.2) is 50.6 Å². The summed E-state index contributed by atoms with van der Waals surface area (Å²) in [7, 11) is -4.14. The average molecular weight is 718 g/mol. The molecule has 0 heterocycles. The van der Waals surface area contributed by atoms with E-state index in [1.54, 1.807) is 0 Å². The molecule has 0 aromatic carbocycles. The molecule has 0 aliphatic rings. The second-order valence-corrected chi connectivity index (χ2v) is 15.6. The van der Waals surface area contributed by atoms with Crippen molar-refractivity contribution in [3.8, 4) is 0 Å². The second kappa shape index (κ2) is 40.5. The lowest BCUT2D eigenvalue weighted by Crippen LogP contribution is -2.26. The van der Waals surface area contributed by atoms with Gasteiger partial charge < -0.3 is 20.1 Å². The maximum absolute atomic E-state index is 12.1. The Labute approximate surface area is 305 Å². The van der Waals surface area contributed by atoms with Crippen LogP contribution in [0, 0.1) is 0 Å². The summed E-state index contributed by atoms with van der Waals surface area (Å²) in [4.78, 5) is 9.90. The van der Waals surface area contributed by atoms with Gasteiger partial charge in [-0.1, -0.05) is 180 Å². The fourth-order valence-corrected chi connectivity index (χ4v) is 6.86. The molecular formula is C41H84NO6P. The number of hydrogen-bond acceptors (Lipinski definition) is 6. The van der Waals surface area contributed by atoms with Gasteiger partial charge in [0, 0.05) is 19.8 Å². The number of nitrogens with two attached hydrogens (primary N) is 1. The Kier molecular flexibility index (Phi) is 40.3. The number of phosphoric acid groups is 1. The fourth-order valence-electron chi connectivity index (χ4n) is 6.09. The number of unbranched alkanes of at least 4 members (excludes halogenated alkanes) is 27. The SMILES string of the molecule is CCCCCCCC/C=C\CCCCCCCCO[C@H](COCCCCCCCCCCCCCCCCCC)COP(=O)(O)OCCN. The zero-order valence-corrected chi connectivity index (χ0v) is 33.6. The highest BCUT2D eigenvalue weighted by Gasteiger charge is 2.23. The van der Waals surface area contributed by atoms with E-state index in [4.69, 9.17) is 24.3 Å². The molecule has 0 fully saturated rings. The molecule has 0 rings (SSSR count). The lowest BCUT2D eigenvalue weighted by molar-refractivity contribution is -0.0443. The number of hydrogen-bond donors (Lipinski definition) is 2. The summed E-state index contributed by atoms with van der Waals surface area (Å²) in [6, 6.07) is 0. The maximum Gasteiger partial charge on any atom is 0.472 e. The quantitative estimate of drug-likeness (QED) is 0.0368. The topological polar surface area (TPSA) is 100 Å². The van der Waals surface area contributed by atoms with E-state index in [0.717, 1.165) is 19.3 Å². The zero-order chi connectivity index (χ0) is 35.8. The Hall–Kier alpha value is -0.270. The number of rotatable bonds is 42. The third-order valence-corrected chi connectivity index (χ3v) is 10.2. The summed E-state index contributed by atoms with van der Waals surface area (Å²) in [5.74, 6) is 0. The minimum atomic E-state index is -4.14. The number of phosphoric ester groups is 1. The zero-order valence-electron chi connectivity index (χ0n) is 32.7. The standard InChI is InChI=1S/C41H84NO6P/c1-3-5-7-9-11-13-15-17-19-21-23-25-27-29-31-33-36-45-39-41(40-48-49(43,44)47-38-35-42)46-37-34-32-30-28-26-24-22-20-18-16-14-12-10-8-6-4-2/h18,20,41H,3-17,19,21-40,42H2,1-2H3,(H,43,44)/b20-18-/t41-/m1/s1. The molecule has 0 aromatic heterocycles. The van der Waals surface area contributed by atoms with Crippen LogP contribution in [0.5, 0.6) is 0 Å². The first-order valence-electron chi connectivity index (χ1n) is 21.2. The molecule has 0 saturated heterocycles. The molecule has 0 aromatic rings. The van der Waals surface area contributed by atoms with Gasteiger partial charge in [0.25, 0.3) is 0 Å². The van der Waals surface area contributed by atoms with E-state index in [-0.39, 0.29) is 19.8 Å². The highest BCUT2D eigenvalue weighted by Crippen LogP contribution is 2.43. The molecule has 0 amide bonds. The van der Waals surface area contributed by atoms with Crippen molar-refractivity contribution in [3.05, 3.63) is 12.2 Å². The van der Waals surface area contributed by atoms with E-state index in [1.807, 2.05) is 0 Å². The lowest BCUT2D eigenvalue weighted by atomic mass is 10.0. The second-order valence-electron chi connectivity index (χ2n) is 14.2. The summed E-state index contributed by atoms with van der Waals surface area (Å²) in [5, 5.41) is 0. The Bertz CT molecular complexity index is 709. The Morgan fingerprint density at radius 2 is 0.898 bits per heavy atom. The normalized spacial score (nSPS) is 13.8. The van der Waals surface area contributed by atoms with E-state index >= 15 is 0 Å².